The van der Waals surface area contributed by atoms with Gasteiger partial charge in [-0.25, -0.2) is 8.42 Å². The van der Waals surface area contributed by atoms with Gasteiger partial charge >= 0.3 is 0 Å². The Balaban J connectivity index is 2.30. The molecule has 1 aliphatic heterocycles. The van der Waals surface area contributed by atoms with Crippen LogP contribution in [0.15, 0.2) is 29.2 Å². The van der Waals surface area contributed by atoms with Crippen molar-refractivity contribution in [3.05, 3.63) is 29.8 Å². The number of hydrogen-bond acceptors (Lipinski definition) is 4. The van der Waals surface area contributed by atoms with Crippen LogP contribution in [0.3, 0.4) is 0 Å². The molecule has 1 aromatic rings. The standard InChI is InChI=1S/C15H25N3O2S/c1-4-14-12-18(10-9-17(14)3)21(19,20)15-8-6-5-7-13(15)11-16-2/h5-8,14,16H,4,9-12H2,1-3H3. The highest BCUT2D eigenvalue weighted by Crippen LogP contribution is 2.23. The number of nitrogens with one attached hydrogen (secondary N) is 1. The predicted molar refractivity (Wildman–Crippen MR) is 84.7 cm³/mol. The molecule has 0 spiro atoms. The van der Waals surface area contributed by atoms with Crippen LogP contribution in [0.5, 0.6) is 0 Å². The molecule has 0 aliphatic carbocycles. The van der Waals surface area contributed by atoms with Gasteiger partial charge in [0.1, 0.15) is 0 Å². The molecule has 1 aromatic carbocycles. The fourth-order valence-corrected chi connectivity index (χ4v) is 4.50. The zero-order valence-electron chi connectivity index (χ0n) is 13.0. The number of hydrogen-bond donors (Lipinski definition) is 1. The Morgan fingerprint density at radius 1 is 1.29 bits per heavy atom. The molecule has 0 bridgehead atoms. The second kappa shape index (κ2) is 6.87. The summed E-state index contributed by atoms with van der Waals surface area (Å²) in [5.41, 5.74) is 0.826. The second-order valence-electron chi connectivity index (χ2n) is 5.54. The lowest BCUT2D eigenvalue weighted by Crippen LogP contribution is -2.52. The van der Waals surface area contributed by atoms with Crippen molar-refractivity contribution in [1.29, 1.82) is 0 Å². The highest BCUT2D eigenvalue weighted by Gasteiger charge is 2.32. The van der Waals surface area contributed by atoms with Crippen LogP contribution in [-0.2, 0) is 16.6 Å². The van der Waals surface area contributed by atoms with Gasteiger partial charge in [-0.05, 0) is 32.1 Å². The minimum atomic E-state index is -3.41. The molecule has 1 atom stereocenters. The summed E-state index contributed by atoms with van der Waals surface area (Å²) in [6.45, 7) is 4.57. The highest BCUT2D eigenvalue weighted by molar-refractivity contribution is 7.89. The van der Waals surface area contributed by atoms with Crippen LogP contribution in [0.2, 0.25) is 0 Å². The van der Waals surface area contributed by atoms with Crippen molar-refractivity contribution in [3.63, 3.8) is 0 Å². The third-order valence-electron chi connectivity index (χ3n) is 4.17. The molecule has 5 nitrogen and oxygen atoms in total. The molecular weight excluding hydrogens is 286 g/mol. The first kappa shape index (κ1) is 16.4. The molecule has 1 unspecified atom stereocenters. The lowest BCUT2D eigenvalue weighted by molar-refractivity contribution is 0.144. The SMILES string of the molecule is CCC1CN(S(=O)(=O)c2ccccc2CNC)CCN1C. The highest BCUT2D eigenvalue weighted by atomic mass is 32.2. The van der Waals surface area contributed by atoms with E-state index in [4.69, 9.17) is 0 Å². The molecule has 0 saturated carbocycles. The van der Waals surface area contributed by atoms with Crippen LogP contribution in [-0.4, -0.2) is 57.4 Å². The van der Waals surface area contributed by atoms with E-state index in [1.807, 2.05) is 19.2 Å². The number of likely N-dealkylation sites (N-methyl/N-ethyl adjacent to an activating group) is 1. The van der Waals surface area contributed by atoms with Gasteiger partial charge < -0.3 is 10.2 Å². The van der Waals surface area contributed by atoms with E-state index in [0.29, 0.717) is 30.6 Å². The zero-order chi connectivity index (χ0) is 15.5. The fraction of sp³-hybridized carbons (Fsp3) is 0.600. The maximum Gasteiger partial charge on any atom is 0.243 e. The van der Waals surface area contributed by atoms with Gasteiger partial charge in [-0.1, -0.05) is 25.1 Å². The van der Waals surface area contributed by atoms with Crippen LogP contribution in [0, 0.1) is 0 Å². The number of sulfonamides is 1. The van der Waals surface area contributed by atoms with Crippen molar-refractivity contribution < 1.29 is 8.42 Å². The van der Waals surface area contributed by atoms with Crippen molar-refractivity contribution in [2.24, 2.45) is 0 Å². The Hall–Kier alpha value is -0.950. The van der Waals surface area contributed by atoms with E-state index in [1.165, 1.54) is 0 Å². The second-order valence-corrected chi connectivity index (χ2v) is 7.45. The van der Waals surface area contributed by atoms with Crippen molar-refractivity contribution in [1.82, 2.24) is 14.5 Å². The lowest BCUT2D eigenvalue weighted by atomic mass is 10.1. The summed E-state index contributed by atoms with van der Waals surface area (Å²) in [6, 6.07) is 7.55. The molecule has 1 N–H and O–H groups in total. The van der Waals surface area contributed by atoms with E-state index in [0.717, 1.165) is 18.5 Å². The molecule has 2 rings (SSSR count). The van der Waals surface area contributed by atoms with Gasteiger partial charge in [-0.15, -0.1) is 0 Å². The van der Waals surface area contributed by atoms with Crippen molar-refractivity contribution in [2.45, 2.75) is 30.8 Å². The van der Waals surface area contributed by atoms with E-state index < -0.39 is 10.0 Å². The normalized spacial score (nSPS) is 21.6. The van der Waals surface area contributed by atoms with E-state index in [9.17, 15) is 8.42 Å². The van der Waals surface area contributed by atoms with Crippen molar-refractivity contribution >= 4 is 10.0 Å². The first-order chi connectivity index (χ1) is 10.0. The van der Waals surface area contributed by atoms with Gasteiger partial charge in [0.15, 0.2) is 0 Å². The Morgan fingerprint density at radius 3 is 2.67 bits per heavy atom. The van der Waals surface area contributed by atoms with Crippen LogP contribution in [0.1, 0.15) is 18.9 Å². The van der Waals surface area contributed by atoms with Gasteiger partial charge in [0, 0.05) is 32.2 Å². The molecule has 6 heteroatoms. The first-order valence-electron chi connectivity index (χ1n) is 7.43. The molecule has 0 amide bonds. The van der Waals surface area contributed by atoms with E-state index in [2.05, 4.69) is 24.2 Å². The van der Waals surface area contributed by atoms with Gasteiger partial charge in [-0.3, -0.25) is 0 Å². The summed E-state index contributed by atoms with van der Waals surface area (Å²) >= 11 is 0. The lowest BCUT2D eigenvalue weighted by Gasteiger charge is -2.38. The molecule has 1 fully saturated rings. The monoisotopic (exact) mass is 311 g/mol. The Kier molecular flexibility index (Phi) is 5.37. The smallest absolute Gasteiger partial charge is 0.243 e. The van der Waals surface area contributed by atoms with Crippen LogP contribution in [0.4, 0.5) is 0 Å². The molecule has 0 radical (unpaired) electrons. The first-order valence-corrected chi connectivity index (χ1v) is 8.87. The largest absolute Gasteiger partial charge is 0.316 e. The van der Waals surface area contributed by atoms with Crippen molar-refractivity contribution in [2.75, 3.05) is 33.7 Å². The summed E-state index contributed by atoms with van der Waals surface area (Å²) in [7, 11) is 0.474. The van der Waals surface area contributed by atoms with Crippen molar-refractivity contribution in [3.8, 4) is 0 Å². The third-order valence-corrected chi connectivity index (χ3v) is 6.13. The number of benzene rings is 1. The Bertz CT molecular complexity index is 574. The Morgan fingerprint density at radius 2 is 2.00 bits per heavy atom. The summed E-state index contributed by atoms with van der Waals surface area (Å²) in [4.78, 5) is 2.67. The Labute approximate surface area is 128 Å². The molecule has 0 aromatic heterocycles. The predicted octanol–water partition coefficient (Wildman–Crippen LogP) is 1.12. The maximum absolute atomic E-state index is 12.9. The van der Waals surface area contributed by atoms with Crippen LogP contribution in [0.25, 0.3) is 0 Å². The number of nitrogens with zero attached hydrogens (tertiary/aromatic N) is 2. The average molecular weight is 311 g/mol. The van der Waals surface area contributed by atoms with Gasteiger partial charge in [0.2, 0.25) is 10.0 Å². The van der Waals surface area contributed by atoms with Gasteiger partial charge in [0.05, 0.1) is 4.90 Å². The number of rotatable bonds is 5. The van der Waals surface area contributed by atoms with Crippen LogP contribution >= 0.6 is 0 Å². The van der Waals surface area contributed by atoms with Gasteiger partial charge in [-0.2, -0.15) is 4.31 Å². The summed E-state index contributed by atoms with van der Waals surface area (Å²) in [5, 5.41) is 3.04. The molecule has 1 aliphatic rings. The average Bonchev–Trinajstić information content (AvgIpc) is 2.48. The molecule has 21 heavy (non-hydrogen) atoms. The number of piperazine rings is 1. The van der Waals surface area contributed by atoms with Gasteiger partial charge in [0.25, 0.3) is 0 Å². The summed E-state index contributed by atoms with van der Waals surface area (Å²) in [5.74, 6) is 0. The molecule has 118 valence electrons. The topological polar surface area (TPSA) is 52.7 Å². The summed E-state index contributed by atoms with van der Waals surface area (Å²) in [6.07, 6.45) is 0.959. The minimum Gasteiger partial charge on any atom is -0.316 e. The van der Waals surface area contributed by atoms with E-state index >= 15 is 0 Å². The fourth-order valence-electron chi connectivity index (χ4n) is 2.81. The van der Waals surface area contributed by atoms with Crippen LogP contribution < -0.4 is 5.32 Å². The van der Waals surface area contributed by atoms with E-state index in [1.54, 1.807) is 16.4 Å². The minimum absolute atomic E-state index is 0.296. The maximum atomic E-state index is 12.9. The molecular formula is C15H25N3O2S. The van der Waals surface area contributed by atoms with E-state index in [-0.39, 0.29) is 0 Å². The third kappa shape index (κ3) is 3.45. The summed E-state index contributed by atoms with van der Waals surface area (Å²) < 4.78 is 27.5. The quantitative estimate of drug-likeness (QED) is 0.885. The molecule has 1 heterocycles. The molecule has 1 saturated heterocycles. The zero-order valence-corrected chi connectivity index (χ0v) is 13.9.